The number of benzene rings is 1. The average Bonchev–Trinajstić information content (AvgIpc) is 2.60. The van der Waals surface area contributed by atoms with Crippen LogP contribution in [-0.4, -0.2) is 74.9 Å². The molecule has 2 aliphatic heterocycles. The molecule has 0 spiro atoms. The van der Waals surface area contributed by atoms with E-state index in [-0.39, 0.29) is 5.75 Å². The molecule has 0 aliphatic carbocycles. The van der Waals surface area contributed by atoms with Crippen molar-refractivity contribution in [2.45, 2.75) is 25.1 Å². The number of piperazine rings is 1. The SMILES string of the molecule is CN1CCN(C2CCN(c3ccc(N)cc3OCC(F)(F)F)CC2)CC1. The van der Waals surface area contributed by atoms with Crippen molar-refractivity contribution in [2.24, 2.45) is 0 Å². The van der Waals surface area contributed by atoms with Crippen molar-refractivity contribution >= 4 is 11.4 Å². The molecule has 0 unspecified atom stereocenters. The topological polar surface area (TPSA) is 45.0 Å². The number of nitrogens with zero attached hydrogens (tertiary/aromatic N) is 3. The van der Waals surface area contributed by atoms with Crippen LogP contribution < -0.4 is 15.4 Å². The molecule has 2 saturated heterocycles. The molecule has 0 aromatic heterocycles. The Bertz CT molecular complexity index is 595. The second-order valence-corrected chi connectivity index (χ2v) is 7.19. The number of anilines is 2. The van der Waals surface area contributed by atoms with Crippen LogP contribution in [0.1, 0.15) is 12.8 Å². The third kappa shape index (κ3) is 4.94. The van der Waals surface area contributed by atoms with E-state index in [1.54, 1.807) is 12.1 Å². The van der Waals surface area contributed by atoms with E-state index in [1.165, 1.54) is 6.07 Å². The van der Waals surface area contributed by atoms with Crippen LogP contribution in [-0.2, 0) is 0 Å². The molecule has 5 nitrogen and oxygen atoms in total. The summed E-state index contributed by atoms with van der Waals surface area (Å²) in [6.45, 7) is 4.67. The van der Waals surface area contributed by atoms with Crippen LogP contribution in [0.5, 0.6) is 5.75 Å². The molecule has 8 heteroatoms. The largest absolute Gasteiger partial charge is 0.482 e. The molecule has 2 heterocycles. The molecule has 0 bridgehead atoms. The zero-order valence-electron chi connectivity index (χ0n) is 15.1. The summed E-state index contributed by atoms with van der Waals surface area (Å²) in [7, 11) is 2.14. The third-order valence-electron chi connectivity index (χ3n) is 5.23. The van der Waals surface area contributed by atoms with Crippen molar-refractivity contribution in [1.29, 1.82) is 0 Å². The molecule has 0 saturated carbocycles. The Hall–Kier alpha value is -1.67. The van der Waals surface area contributed by atoms with Gasteiger partial charge in [0.2, 0.25) is 0 Å². The Balaban J connectivity index is 1.62. The normalized spacial score (nSPS) is 21.2. The van der Waals surface area contributed by atoms with Crippen LogP contribution in [0.4, 0.5) is 24.5 Å². The minimum Gasteiger partial charge on any atom is -0.482 e. The zero-order valence-corrected chi connectivity index (χ0v) is 15.1. The predicted molar refractivity (Wildman–Crippen MR) is 96.7 cm³/mol. The molecule has 1 aromatic rings. The summed E-state index contributed by atoms with van der Waals surface area (Å²) in [5.41, 5.74) is 6.83. The van der Waals surface area contributed by atoms with Crippen LogP contribution in [0.15, 0.2) is 18.2 Å². The number of halogens is 3. The summed E-state index contributed by atoms with van der Waals surface area (Å²) in [4.78, 5) is 6.99. The fourth-order valence-electron chi connectivity index (χ4n) is 3.73. The first-order valence-electron chi connectivity index (χ1n) is 9.08. The number of nitrogens with two attached hydrogens (primary N) is 1. The molecule has 2 N–H and O–H groups in total. The van der Waals surface area contributed by atoms with Gasteiger partial charge in [-0.05, 0) is 32.0 Å². The molecule has 0 radical (unpaired) electrons. The molecule has 26 heavy (non-hydrogen) atoms. The number of hydrogen-bond donors (Lipinski definition) is 1. The highest BCUT2D eigenvalue weighted by Gasteiger charge is 2.30. The number of hydrogen-bond acceptors (Lipinski definition) is 5. The molecule has 0 amide bonds. The molecule has 0 atom stereocenters. The Morgan fingerprint density at radius 2 is 1.73 bits per heavy atom. The number of nitrogen functional groups attached to an aromatic ring is 1. The Labute approximate surface area is 152 Å². The van der Waals surface area contributed by atoms with E-state index >= 15 is 0 Å². The summed E-state index contributed by atoms with van der Waals surface area (Å²) in [5.74, 6) is 0.209. The maximum atomic E-state index is 12.5. The highest BCUT2D eigenvalue weighted by atomic mass is 19.4. The summed E-state index contributed by atoms with van der Waals surface area (Å²) in [5, 5.41) is 0. The van der Waals surface area contributed by atoms with Crippen LogP contribution >= 0.6 is 0 Å². The molecular formula is C18H27F3N4O. The number of rotatable bonds is 4. The fraction of sp³-hybridized carbons (Fsp3) is 0.667. The molecule has 1 aromatic carbocycles. The Kier molecular flexibility index (Phi) is 5.82. The van der Waals surface area contributed by atoms with E-state index in [0.29, 0.717) is 17.4 Å². The highest BCUT2D eigenvalue weighted by Crippen LogP contribution is 2.34. The van der Waals surface area contributed by atoms with Gasteiger partial charge >= 0.3 is 6.18 Å². The maximum absolute atomic E-state index is 12.5. The van der Waals surface area contributed by atoms with Crippen LogP contribution in [0.3, 0.4) is 0 Å². The number of ether oxygens (including phenoxy) is 1. The quantitative estimate of drug-likeness (QED) is 0.823. The smallest absolute Gasteiger partial charge is 0.422 e. The van der Waals surface area contributed by atoms with Gasteiger partial charge in [0, 0.05) is 57.1 Å². The first-order valence-corrected chi connectivity index (χ1v) is 9.08. The number of alkyl halides is 3. The minimum absolute atomic E-state index is 0.209. The summed E-state index contributed by atoms with van der Waals surface area (Å²) < 4.78 is 42.6. The van der Waals surface area contributed by atoms with E-state index in [9.17, 15) is 13.2 Å². The first-order chi connectivity index (χ1) is 12.3. The van der Waals surface area contributed by atoms with Crippen LogP contribution in [0.25, 0.3) is 0 Å². The second kappa shape index (κ2) is 7.92. The van der Waals surface area contributed by atoms with Gasteiger partial charge in [0.05, 0.1) is 5.69 Å². The lowest BCUT2D eigenvalue weighted by atomic mass is 10.0. The van der Waals surface area contributed by atoms with Crippen molar-refractivity contribution in [2.75, 3.05) is 63.6 Å². The summed E-state index contributed by atoms with van der Waals surface area (Å²) in [6.07, 6.45) is -2.35. The number of likely N-dealkylation sites (N-methyl/N-ethyl adjacent to an activating group) is 1. The lowest BCUT2D eigenvalue weighted by Crippen LogP contribution is -2.52. The van der Waals surface area contributed by atoms with Gasteiger partial charge in [0.15, 0.2) is 6.61 Å². The third-order valence-corrected chi connectivity index (χ3v) is 5.23. The zero-order chi connectivity index (χ0) is 18.7. The van der Waals surface area contributed by atoms with Crippen molar-refractivity contribution in [3.05, 3.63) is 18.2 Å². The van der Waals surface area contributed by atoms with E-state index in [4.69, 9.17) is 10.5 Å². The van der Waals surface area contributed by atoms with Gasteiger partial charge in [0.25, 0.3) is 0 Å². The van der Waals surface area contributed by atoms with Crippen molar-refractivity contribution in [3.63, 3.8) is 0 Å². The van der Waals surface area contributed by atoms with Gasteiger partial charge in [-0.15, -0.1) is 0 Å². The average molecular weight is 372 g/mol. The monoisotopic (exact) mass is 372 g/mol. The lowest BCUT2D eigenvalue weighted by Gasteiger charge is -2.42. The van der Waals surface area contributed by atoms with Crippen LogP contribution in [0, 0.1) is 0 Å². The summed E-state index contributed by atoms with van der Waals surface area (Å²) >= 11 is 0. The fourth-order valence-corrected chi connectivity index (χ4v) is 3.73. The molecular weight excluding hydrogens is 345 g/mol. The minimum atomic E-state index is -4.36. The van der Waals surface area contributed by atoms with E-state index in [2.05, 4.69) is 21.7 Å². The molecule has 3 rings (SSSR count). The Morgan fingerprint density at radius 1 is 1.08 bits per heavy atom. The predicted octanol–water partition coefficient (Wildman–Crippen LogP) is 2.43. The van der Waals surface area contributed by atoms with Gasteiger partial charge in [0.1, 0.15) is 5.75 Å². The van der Waals surface area contributed by atoms with Gasteiger partial charge in [-0.2, -0.15) is 13.2 Å². The van der Waals surface area contributed by atoms with Gasteiger partial charge in [-0.1, -0.05) is 0 Å². The maximum Gasteiger partial charge on any atom is 0.422 e. The first kappa shape index (κ1) is 19.1. The van der Waals surface area contributed by atoms with E-state index in [1.807, 2.05) is 0 Å². The Morgan fingerprint density at radius 3 is 2.35 bits per heavy atom. The van der Waals surface area contributed by atoms with Gasteiger partial charge in [-0.3, -0.25) is 4.90 Å². The second-order valence-electron chi connectivity index (χ2n) is 7.19. The van der Waals surface area contributed by atoms with E-state index in [0.717, 1.165) is 52.1 Å². The van der Waals surface area contributed by atoms with Crippen molar-refractivity contribution < 1.29 is 17.9 Å². The van der Waals surface area contributed by atoms with Crippen molar-refractivity contribution in [3.8, 4) is 5.75 Å². The van der Waals surface area contributed by atoms with E-state index < -0.39 is 12.8 Å². The number of piperidine rings is 1. The molecule has 2 fully saturated rings. The summed E-state index contributed by atoms with van der Waals surface area (Å²) in [6, 6.07) is 5.50. The van der Waals surface area contributed by atoms with Gasteiger partial charge < -0.3 is 20.3 Å². The van der Waals surface area contributed by atoms with Crippen LogP contribution in [0.2, 0.25) is 0 Å². The molecule has 2 aliphatic rings. The van der Waals surface area contributed by atoms with Crippen molar-refractivity contribution in [1.82, 2.24) is 9.80 Å². The highest BCUT2D eigenvalue weighted by molar-refractivity contribution is 5.64. The lowest BCUT2D eigenvalue weighted by molar-refractivity contribution is -0.153. The molecule has 146 valence electrons. The van der Waals surface area contributed by atoms with Gasteiger partial charge in [-0.25, -0.2) is 0 Å². The standard InChI is InChI=1S/C18H27F3N4O/c1-23-8-10-24(11-9-23)15-4-6-25(7-5-15)16-3-2-14(22)12-17(16)26-13-18(19,20)21/h2-3,12,15H,4-11,13,22H2,1H3.